The first-order chi connectivity index (χ1) is 10.8. The lowest BCUT2D eigenvalue weighted by molar-refractivity contribution is 0.665. The molecule has 0 saturated carbocycles. The van der Waals surface area contributed by atoms with Gasteiger partial charge in [0.15, 0.2) is 5.96 Å². The van der Waals surface area contributed by atoms with Gasteiger partial charge in [-0.3, -0.25) is 4.99 Å². The Morgan fingerprint density at radius 3 is 2.77 bits per heavy atom. The van der Waals surface area contributed by atoms with Gasteiger partial charge in [-0.15, -0.1) is 11.3 Å². The number of nitrogens with one attached hydrogen (secondary N) is 2. The highest BCUT2D eigenvalue weighted by atomic mass is 32.1. The number of rotatable bonds is 8. The summed E-state index contributed by atoms with van der Waals surface area (Å²) in [7, 11) is 0. The molecule has 0 saturated heterocycles. The van der Waals surface area contributed by atoms with Crippen LogP contribution in [-0.2, 0) is 19.4 Å². The normalized spacial score (nSPS) is 11.6. The van der Waals surface area contributed by atoms with Crippen molar-refractivity contribution in [2.75, 3.05) is 19.6 Å². The minimum Gasteiger partial charge on any atom is -0.357 e. The van der Waals surface area contributed by atoms with E-state index in [9.17, 15) is 0 Å². The SMILES string of the molecule is CCNC(=NCCc1ncc(CC)s1)NCCn1cccc1. The van der Waals surface area contributed by atoms with Gasteiger partial charge in [0, 0.05) is 56.1 Å². The number of thiazole rings is 1. The van der Waals surface area contributed by atoms with E-state index in [0.29, 0.717) is 0 Å². The Hall–Kier alpha value is -1.82. The molecule has 5 nitrogen and oxygen atoms in total. The molecule has 0 atom stereocenters. The third-order valence-corrected chi connectivity index (χ3v) is 4.42. The molecule has 2 rings (SSSR count). The number of hydrogen-bond acceptors (Lipinski definition) is 3. The van der Waals surface area contributed by atoms with Gasteiger partial charge in [-0.25, -0.2) is 4.98 Å². The fourth-order valence-corrected chi connectivity index (χ4v) is 2.91. The van der Waals surface area contributed by atoms with Crippen LogP contribution in [0.25, 0.3) is 0 Å². The molecular formula is C16H25N5S. The van der Waals surface area contributed by atoms with E-state index in [1.165, 1.54) is 9.88 Å². The quantitative estimate of drug-likeness (QED) is 0.580. The number of aromatic nitrogens is 2. The number of nitrogens with zero attached hydrogens (tertiary/aromatic N) is 3. The maximum Gasteiger partial charge on any atom is 0.191 e. The van der Waals surface area contributed by atoms with Crippen molar-refractivity contribution in [1.29, 1.82) is 0 Å². The van der Waals surface area contributed by atoms with Crippen molar-refractivity contribution >= 4 is 17.3 Å². The van der Waals surface area contributed by atoms with Crippen LogP contribution in [0.1, 0.15) is 23.7 Å². The minimum atomic E-state index is 0.759. The highest BCUT2D eigenvalue weighted by Gasteiger charge is 2.01. The van der Waals surface area contributed by atoms with Gasteiger partial charge in [0.2, 0.25) is 0 Å². The summed E-state index contributed by atoms with van der Waals surface area (Å²) in [4.78, 5) is 10.4. The molecule has 6 heteroatoms. The molecule has 0 amide bonds. The van der Waals surface area contributed by atoms with Gasteiger partial charge in [-0.05, 0) is 25.5 Å². The van der Waals surface area contributed by atoms with Gasteiger partial charge < -0.3 is 15.2 Å². The highest BCUT2D eigenvalue weighted by molar-refractivity contribution is 7.11. The third-order valence-electron chi connectivity index (χ3n) is 3.22. The summed E-state index contributed by atoms with van der Waals surface area (Å²) in [6, 6.07) is 4.08. The maximum absolute atomic E-state index is 4.61. The fraction of sp³-hybridized carbons (Fsp3) is 0.500. The molecule has 0 aliphatic carbocycles. The molecular weight excluding hydrogens is 294 g/mol. The second kappa shape index (κ2) is 9.25. The lowest BCUT2D eigenvalue weighted by Gasteiger charge is -2.11. The topological polar surface area (TPSA) is 54.2 Å². The minimum absolute atomic E-state index is 0.759. The van der Waals surface area contributed by atoms with Crippen molar-refractivity contribution in [3.8, 4) is 0 Å². The van der Waals surface area contributed by atoms with E-state index < -0.39 is 0 Å². The second-order valence-electron chi connectivity index (χ2n) is 4.93. The molecule has 0 aliphatic heterocycles. The molecule has 0 fully saturated rings. The lowest BCUT2D eigenvalue weighted by atomic mass is 10.4. The average Bonchev–Trinajstić information content (AvgIpc) is 3.18. The molecule has 2 N–H and O–H groups in total. The maximum atomic E-state index is 4.61. The molecule has 0 unspecified atom stereocenters. The Bertz CT molecular complexity index is 559. The number of aryl methyl sites for hydroxylation is 1. The van der Waals surface area contributed by atoms with E-state index in [1.807, 2.05) is 18.3 Å². The Morgan fingerprint density at radius 1 is 1.27 bits per heavy atom. The summed E-state index contributed by atoms with van der Waals surface area (Å²) in [5.41, 5.74) is 0. The van der Waals surface area contributed by atoms with Crippen molar-refractivity contribution in [3.05, 3.63) is 40.6 Å². The van der Waals surface area contributed by atoms with Gasteiger partial charge in [0.1, 0.15) is 0 Å². The van der Waals surface area contributed by atoms with Crippen LogP contribution in [0.4, 0.5) is 0 Å². The summed E-state index contributed by atoms with van der Waals surface area (Å²) in [5.74, 6) is 0.877. The monoisotopic (exact) mass is 319 g/mol. The molecule has 2 aromatic rings. The van der Waals surface area contributed by atoms with E-state index >= 15 is 0 Å². The fourth-order valence-electron chi connectivity index (χ4n) is 2.05. The van der Waals surface area contributed by atoms with Crippen LogP contribution in [0.15, 0.2) is 35.7 Å². The molecule has 0 aromatic carbocycles. The van der Waals surface area contributed by atoms with E-state index in [-0.39, 0.29) is 0 Å². The average molecular weight is 319 g/mol. The van der Waals surface area contributed by atoms with Crippen LogP contribution in [0.5, 0.6) is 0 Å². The first-order valence-corrected chi connectivity index (χ1v) is 8.70. The van der Waals surface area contributed by atoms with Crippen molar-refractivity contribution in [2.24, 2.45) is 4.99 Å². The van der Waals surface area contributed by atoms with Crippen LogP contribution in [0.2, 0.25) is 0 Å². The van der Waals surface area contributed by atoms with Crippen LogP contribution in [0, 0.1) is 0 Å². The zero-order valence-corrected chi connectivity index (χ0v) is 14.2. The summed E-state index contributed by atoms with van der Waals surface area (Å²) in [6.45, 7) is 7.66. The smallest absolute Gasteiger partial charge is 0.191 e. The van der Waals surface area contributed by atoms with Gasteiger partial charge in [0.05, 0.1) is 5.01 Å². The number of hydrogen-bond donors (Lipinski definition) is 2. The Kier molecular flexibility index (Phi) is 6.96. The van der Waals surface area contributed by atoms with Crippen molar-refractivity contribution < 1.29 is 0 Å². The van der Waals surface area contributed by atoms with Crippen LogP contribution in [0.3, 0.4) is 0 Å². The Labute approximate surface area is 136 Å². The standard InChI is InChI=1S/C16H25N5S/c1-3-14-13-20-15(22-14)7-8-18-16(17-4-2)19-9-12-21-10-5-6-11-21/h5-6,10-11,13H,3-4,7-9,12H2,1-2H3,(H2,17,18,19). The molecule has 2 heterocycles. The van der Waals surface area contributed by atoms with E-state index in [1.54, 1.807) is 11.3 Å². The van der Waals surface area contributed by atoms with Crippen molar-refractivity contribution in [2.45, 2.75) is 33.2 Å². The summed E-state index contributed by atoms with van der Waals surface area (Å²) in [5, 5.41) is 7.81. The molecule has 0 bridgehead atoms. The molecule has 22 heavy (non-hydrogen) atoms. The largest absolute Gasteiger partial charge is 0.357 e. The first kappa shape index (κ1) is 16.5. The van der Waals surface area contributed by atoms with Gasteiger partial charge in [-0.2, -0.15) is 0 Å². The van der Waals surface area contributed by atoms with Crippen molar-refractivity contribution in [1.82, 2.24) is 20.2 Å². The Morgan fingerprint density at radius 2 is 2.09 bits per heavy atom. The van der Waals surface area contributed by atoms with E-state index in [2.05, 4.69) is 51.4 Å². The zero-order chi connectivity index (χ0) is 15.6. The molecule has 0 aliphatic rings. The summed E-state index contributed by atoms with van der Waals surface area (Å²) >= 11 is 1.79. The van der Waals surface area contributed by atoms with Crippen molar-refractivity contribution in [3.63, 3.8) is 0 Å². The zero-order valence-electron chi connectivity index (χ0n) is 13.4. The predicted molar refractivity (Wildman–Crippen MR) is 93.6 cm³/mol. The Balaban J connectivity index is 1.76. The van der Waals surface area contributed by atoms with Crippen LogP contribution in [-0.4, -0.2) is 35.1 Å². The summed E-state index contributed by atoms with van der Waals surface area (Å²) in [6.07, 6.45) is 8.08. The van der Waals surface area contributed by atoms with Crippen LogP contribution >= 0.6 is 11.3 Å². The van der Waals surface area contributed by atoms with Gasteiger partial charge in [0.25, 0.3) is 0 Å². The second-order valence-corrected chi connectivity index (χ2v) is 6.13. The molecule has 0 radical (unpaired) electrons. The highest BCUT2D eigenvalue weighted by Crippen LogP contribution is 2.13. The summed E-state index contributed by atoms with van der Waals surface area (Å²) < 4.78 is 2.15. The molecule has 120 valence electrons. The van der Waals surface area contributed by atoms with Crippen LogP contribution < -0.4 is 10.6 Å². The predicted octanol–water partition coefficient (Wildman–Crippen LogP) is 2.30. The molecule has 0 spiro atoms. The lowest BCUT2D eigenvalue weighted by Crippen LogP contribution is -2.39. The van der Waals surface area contributed by atoms with E-state index in [4.69, 9.17) is 0 Å². The first-order valence-electron chi connectivity index (χ1n) is 7.88. The van der Waals surface area contributed by atoms with E-state index in [0.717, 1.165) is 45.0 Å². The number of guanidine groups is 1. The third kappa shape index (κ3) is 5.52. The number of aliphatic imine (C=N–C) groups is 1. The van der Waals surface area contributed by atoms with Gasteiger partial charge in [-0.1, -0.05) is 6.92 Å². The molecule has 2 aromatic heterocycles. The van der Waals surface area contributed by atoms with Gasteiger partial charge >= 0.3 is 0 Å².